The summed E-state index contributed by atoms with van der Waals surface area (Å²) in [6.45, 7) is 4.57. The third-order valence-corrected chi connectivity index (χ3v) is 4.28. The number of nitrogens with one attached hydrogen (secondary N) is 1. The molecule has 0 saturated heterocycles. The minimum Gasteiger partial charge on any atom is -0.313 e. The maximum atomic E-state index is 4.23. The highest BCUT2D eigenvalue weighted by Gasteiger charge is 2.21. The Bertz CT molecular complexity index is 530. The lowest BCUT2D eigenvalue weighted by atomic mass is 9.85. The Balaban J connectivity index is 2.37. The summed E-state index contributed by atoms with van der Waals surface area (Å²) in [7, 11) is 2.08. The molecule has 1 N–H and O–H groups in total. The highest BCUT2D eigenvalue weighted by molar-refractivity contribution is 5.85. The molecule has 0 aliphatic heterocycles. The summed E-state index contributed by atoms with van der Waals surface area (Å²) < 4.78 is 0. The van der Waals surface area contributed by atoms with E-state index in [1.165, 1.54) is 42.0 Å². The summed E-state index contributed by atoms with van der Waals surface area (Å²) in [6.07, 6.45) is 8.94. The highest BCUT2D eigenvalue weighted by atomic mass is 14.9. The number of rotatable bonds is 7. The molecule has 2 rings (SSSR count). The minimum absolute atomic E-state index is 0.428. The molecule has 2 unspecified atom stereocenters. The van der Waals surface area contributed by atoms with Crippen molar-refractivity contribution in [2.75, 3.05) is 7.05 Å². The van der Waals surface area contributed by atoms with E-state index >= 15 is 0 Å². The largest absolute Gasteiger partial charge is 0.313 e. The second-order valence-corrected chi connectivity index (χ2v) is 5.52. The fourth-order valence-electron chi connectivity index (χ4n) is 3.14. The zero-order valence-corrected chi connectivity index (χ0v) is 12.9. The Labute approximate surface area is 122 Å². The van der Waals surface area contributed by atoms with Gasteiger partial charge in [-0.2, -0.15) is 0 Å². The predicted molar refractivity (Wildman–Crippen MR) is 86.8 cm³/mol. The molecule has 20 heavy (non-hydrogen) atoms. The normalized spacial score (nSPS) is 14.3. The molecule has 2 aromatic rings. The molecule has 2 nitrogen and oxygen atoms in total. The summed E-state index contributed by atoms with van der Waals surface area (Å²) in [5, 5.41) is 6.11. The molecule has 0 amide bonds. The topological polar surface area (TPSA) is 24.9 Å². The molecule has 0 bridgehead atoms. The van der Waals surface area contributed by atoms with E-state index in [-0.39, 0.29) is 0 Å². The average Bonchev–Trinajstić information content (AvgIpc) is 2.51. The van der Waals surface area contributed by atoms with Crippen LogP contribution in [-0.4, -0.2) is 12.0 Å². The fourth-order valence-corrected chi connectivity index (χ4v) is 3.14. The summed E-state index contributed by atoms with van der Waals surface area (Å²) in [4.78, 5) is 4.23. The average molecular weight is 270 g/mol. The lowest BCUT2D eigenvalue weighted by molar-refractivity contribution is 0.340. The molecule has 0 aliphatic carbocycles. The van der Waals surface area contributed by atoms with E-state index in [0.29, 0.717) is 12.0 Å². The van der Waals surface area contributed by atoms with Crippen LogP contribution in [0.3, 0.4) is 0 Å². The van der Waals surface area contributed by atoms with Gasteiger partial charge in [0.1, 0.15) is 0 Å². The number of hydrogen-bond donors (Lipinski definition) is 1. The quantitative estimate of drug-likeness (QED) is 0.788. The van der Waals surface area contributed by atoms with Gasteiger partial charge in [0.15, 0.2) is 0 Å². The van der Waals surface area contributed by atoms with Crippen molar-refractivity contribution in [2.45, 2.75) is 45.6 Å². The van der Waals surface area contributed by atoms with E-state index < -0.39 is 0 Å². The van der Waals surface area contributed by atoms with Crippen LogP contribution in [0, 0.1) is 5.92 Å². The summed E-state index contributed by atoms with van der Waals surface area (Å²) in [5.74, 6) is 0.693. The standard InChI is InChI=1S/C18H26N2/c1-4-6-8-14(5-2)18(19-3)17-10-7-9-15-13-20-12-11-16(15)17/h7,9-14,18-19H,4-6,8H2,1-3H3. The van der Waals surface area contributed by atoms with Crippen LogP contribution >= 0.6 is 0 Å². The zero-order chi connectivity index (χ0) is 14.4. The molecular formula is C18H26N2. The van der Waals surface area contributed by atoms with Crippen LogP contribution < -0.4 is 5.32 Å². The molecule has 108 valence electrons. The van der Waals surface area contributed by atoms with Crippen molar-refractivity contribution in [3.8, 4) is 0 Å². The van der Waals surface area contributed by atoms with Crippen molar-refractivity contribution in [1.29, 1.82) is 0 Å². The van der Waals surface area contributed by atoms with Gasteiger partial charge in [-0.1, -0.05) is 51.3 Å². The van der Waals surface area contributed by atoms with Gasteiger partial charge in [0.2, 0.25) is 0 Å². The molecule has 1 aromatic carbocycles. The molecule has 0 fully saturated rings. The second kappa shape index (κ2) is 7.39. The zero-order valence-electron chi connectivity index (χ0n) is 12.9. The van der Waals surface area contributed by atoms with Crippen LogP contribution in [0.15, 0.2) is 36.7 Å². The van der Waals surface area contributed by atoms with E-state index in [1.54, 1.807) is 0 Å². The summed E-state index contributed by atoms with van der Waals surface area (Å²) >= 11 is 0. The van der Waals surface area contributed by atoms with Gasteiger partial charge < -0.3 is 5.32 Å². The Morgan fingerprint density at radius 1 is 1.20 bits per heavy atom. The molecule has 0 saturated carbocycles. The van der Waals surface area contributed by atoms with Gasteiger partial charge in [0.25, 0.3) is 0 Å². The molecule has 2 atom stereocenters. The third kappa shape index (κ3) is 3.18. The minimum atomic E-state index is 0.428. The van der Waals surface area contributed by atoms with Crippen molar-refractivity contribution in [3.05, 3.63) is 42.2 Å². The predicted octanol–water partition coefficient (Wildman–Crippen LogP) is 4.71. The summed E-state index contributed by atoms with van der Waals surface area (Å²) in [6, 6.07) is 9.12. The van der Waals surface area contributed by atoms with Crippen LogP contribution in [0.2, 0.25) is 0 Å². The van der Waals surface area contributed by atoms with Gasteiger partial charge >= 0.3 is 0 Å². The molecule has 0 aliphatic rings. The van der Waals surface area contributed by atoms with Crippen LogP contribution in [0.5, 0.6) is 0 Å². The van der Waals surface area contributed by atoms with Crippen LogP contribution in [0.25, 0.3) is 10.8 Å². The first-order chi connectivity index (χ1) is 9.81. The van der Waals surface area contributed by atoms with Gasteiger partial charge in [-0.05, 0) is 36.4 Å². The molecule has 1 aromatic heterocycles. The number of pyridine rings is 1. The Hall–Kier alpha value is -1.41. The van der Waals surface area contributed by atoms with Crippen molar-refractivity contribution in [3.63, 3.8) is 0 Å². The van der Waals surface area contributed by atoms with Gasteiger partial charge in [0, 0.05) is 23.8 Å². The Kier molecular flexibility index (Phi) is 5.54. The number of unbranched alkanes of at least 4 members (excludes halogenated alkanes) is 1. The number of nitrogens with zero attached hydrogens (tertiary/aromatic N) is 1. The SMILES string of the molecule is CCCCC(CC)C(NC)c1cccc2cnccc12. The first-order valence-electron chi connectivity index (χ1n) is 7.81. The van der Waals surface area contributed by atoms with E-state index in [1.807, 2.05) is 12.4 Å². The first-order valence-corrected chi connectivity index (χ1v) is 7.81. The maximum absolute atomic E-state index is 4.23. The monoisotopic (exact) mass is 270 g/mol. The third-order valence-electron chi connectivity index (χ3n) is 4.28. The number of hydrogen-bond acceptors (Lipinski definition) is 2. The van der Waals surface area contributed by atoms with E-state index in [9.17, 15) is 0 Å². The number of aromatic nitrogens is 1. The van der Waals surface area contributed by atoms with Crippen LogP contribution in [0.4, 0.5) is 0 Å². The van der Waals surface area contributed by atoms with Crippen LogP contribution in [-0.2, 0) is 0 Å². The van der Waals surface area contributed by atoms with Gasteiger partial charge in [-0.25, -0.2) is 0 Å². The first kappa shape index (κ1) is 15.0. The summed E-state index contributed by atoms with van der Waals surface area (Å²) in [5.41, 5.74) is 1.41. The smallest absolute Gasteiger partial charge is 0.0352 e. The lowest BCUT2D eigenvalue weighted by Gasteiger charge is -2.27. The fraction of sp³-hybridized carbons (Fsp3) is 0.500. The van der Waals surface area contributed by atoms with Gasteiger partial charge in [-0.3, -0.25) is 4.98 Å². The van der Waals surface area contributed by atoms with Crippen molar-refractivity contribution < 1.29 is 0 Å². The lowest BCUT2D eigenvalue weighted by Crippen LogP contribution is -2.25. The van der Waals surface area contributed by atoms with Gasteiger partial charge in [-0.15, -0.1) is 0 Å². The number of benzene rings is 1. The maximum Gasteiger partial charge on any atom is 0.0352 e. The Morgan fingerprint density at radius 3 is 2.75 bits per heavy atom. The van der Waals surface area contributed by atoms with E-state index in [0.717, 1.165) is 0 Å². The van der Waals surface area contributed by atoms with Gasteiger partial charge in [0.05, 0.1) is 0 Å². The molecule has 0 radical (unpaired) electrons. The second-order valence-electron chi connectivity index (χ2n) is 5.52. The molecular weight excluding hydrogens is 244 g/mol. The van der Waals surface area contributed by atoms with Crippen molar-refractivity contribution >= 4 is 10.8 Å². The van der Waals surface area contributed by atoms with Crippen LogP contribution in [0.1, 0.15) is 51.1 Å². The highest BCUT2D eigenvalue weighted by Crippen LogP contribution is 2.32. The molecule has 0 spiro atoms. The van der Waals surface area contributed by atoms with Crippen molar-refractivity contribution in [1.82, 2.24) is 10.3 Å². The molecule has 2 heteroatoms. The van der Waals surface area contributed by atoms with E-state index in [2.05, 4.69) is 55.5 Å². The molecule has 1 heterocycles. The Morgan fingerprint density at radius 2 is 2.05 bits per heavy atom. The van der Waals surface area contributed by atoms with E-state index in [4.69, 9.17) is 0 Å². The number of fused-ring (bicyclic) bond motifs is 1. The van der Waals surface area contributed by atoms with Crippen molar-refractivity contribution in [2.24, 2.45) is 5.92 Å².